The quantitative estimate of drug-likeness (QED) is 0.394. The van der Waals surface area contributed by atoms with Gasteiger partial charge in [0.25, 0.3) is 0 Å². The Morgan fingerprint density at radius 3 is 2.76 bits per heavy atom. The summed E-state index contributed by atoms with van der Waals surface area (Å²) in [4.78, 5) is 0. The average molecular weight is 341 g/mol. The van der Waals surface area contributed by atoms with E-state index in [0.29, 0.717) is 17.7 Å². The number of ether oxygens (including phenoxy) is 1. The fourth-order valence-corrected chi connectivity index (χ4v) is 4.01. The molecule has 1 fully saturated rings. The molecule has 1 N–H and O–H groups in total. The Morgan fingerprint density at radius 1 is 1.16 bits per heavy atom. The van der Waals surface area contributed by atoms with Crippen molar-refractivity contribution in [1.29, 1.82) is 0 Å². The van der Waals surface area contributed by atoms with E-state index in [4.69, 9.17) is 4.74 Å². The van der Waals surface area contributed by atoms with E-state index in [1.807, 2.05) is 30.3 Å². The lowest BCUT2D eigenvalue weighted by Gasteiger charge is -2.42. The van der Waals surface area contributed by atoms with Gasteiger partial charge in [0.05, 0.1) is 17.6 Å². The largest absolute Gasteiger partial charge is 0.623 e. The molecule has 130 valence electrons. The second kappa shape index (κ2) is 6.48. The molecule has 1 aliphatic heterocycles. The Labute approximate surface area is 145 Å². The number of aliphatic hydroxyl groups is 1. The molecule has 1 saturated carbocycles. The van der Waals surface area contributed by atoms with E-state index in [1.54, 1.807) is 6.07 Å². The van der Waals surface area contributed by atoms with Crippen molar-refractivity contribution in [2.75, 3.05) is 0 Å². The number of hydrogen-bond donors (Lipinski definition) is 1. The summed E-state index contributed by atoms with van der Waals surface area (Å²) in [6.45, 7) is 0. The van der Waals surface area contributed by atoms with E-state index in [1.165, 1.54) is 18.3 Å². The van der Waals surface area contributed by atoms with Gasteiger partial charge in [-0.15, -0.1) is 0 Å². The van der Waals surface area contributed by atoms with Gasteiger partial charge in [-0.05, 0) is 49.6 Å². The van der Waals surface area contributed by atoms with Crippen LogP contribution in [0.1, 0.15) is 36.4 Å². The monoisotopic (exact) mass is 341 g/mol. The molecular weight excluding hydrogens is 321 g/mol. The highest BCUT2D eigenvalue weighted by Gasteiger charge is 2.49. The Bertz CT molecular complexity index is 793. The third kappa shape index (κ3) is 3.00. The fourth-order valence-electron chi connectivity index (χ4n) is 4.01. The van der Waals surface area contributed by atoms with Gasteiger partial charge in [0, 0.05) is 5.56 Å². The minimum absolute atomic E-state index is 0.229. The van der Waals surface area contributed by atoms with E-state index in [0.717, 1.165) is 23.1 Å². The molecule has 2 aromatic rings. The molecule has 4 atom stereocenters. The number of benzene rings is 2. The van der Waals surface area contributed by atoms with Crippen LogP contribution < -0.4 is 4.74 Å². The lowest BCUT2D eigenvalue weighted by atomic mass is 9.75. The highest BCUT2D eigenvalue weighted by molar-refractivity contribution is 5.75. The molecule has 4 rings (SSSR count). The van der Waals surface area contributed by atoms with Crippen LogP contribution in [0.15, 0.2) is 48.5 Å². The van der Waals surface area contributed by atoms with E-state index in [-0.39, 0.29) is 12.0 Å². The van der Waals surface area contributed by atoms with Crippen LogP contribution >= 0.6 is 0 Å². The maximum Gasteiger partial charge on any atom is 0.201 e. The highest BCUT2D eigenvalue weighted by Crippen LogP contribution is 2.46. The topological polar surface area (TPSA) is 55.5 Å². The molecule has 0 saturated heterocycles. The summed E-state index contributed by atoms with van der Waals surface area (Å²) in [5.41, 5.74) is 1.27. The average Bonchev–Trinajstić information content (AvgIpc) is 2.61. The summed E-state index contributed by atoms with van der Waals surface area (Å²) in [5, 5.41) is 23.5. The zero-order valence-corrected chi connectivity index (χ0v) is 13.7. The van der Waals surface area contributed by atoms with Gasteiger partial charge >= 0.3 is 0 Å². The first kappa shape index (κ1) is 16.1. The zero-order chi connectivity index (χ0) is 17.4. The SMILES string of the molecule is [O-]/[N+](=C\c1ccccc1)[C@H]1c2cc(F)ccc2O[C@H]2CCC[C@@H](O)[C@H]21. The second-order valence-corrected chi connectivity index (χ2v) is 6.76. The van der Waals surface area contributed by atoms with Gasteiger partial charge < -0.3 is 15.1 Å². The summed E-state index contributed by atoms with van der Waals surface area (Å²) >= 11 is 0. The summed E-state index contributed by atoms with van der Waals surface area (Å²) in [5.74, 6) is -0.256. The predicted molar refractivity (Wildman–Crippen MR) is 92.1 cm³/mol. The van der Waals surface area contributed by atoms with Crippen molar-refractivity contribution in [3.8, 4) is 5.75 Å². The van der Waals surface area contributed by atoms with Gasteiger partial charge in [0.2, 0.25) is 6.04 Å². The summed E-state index contributed by atoms with van der Waals surface area (Å²) in [6, 6.07) is 12.9. The minimum Gasteiger partial charge on any atom is -0.623 e. The number of halogens is 1. The van der Waals surface area contributed by atoms with Crippen molar-refractivity contribution in [3.05, 3.63) is 70.7 Å². The van der Waals surface area contributed by atoms with Gasteiger partial charge in [0.15, 0.2) is 6.21 Å². The molecule has 2 aliphatic rings. The second-order valence-electron chi connectivity index (χ2n) is 6.76. The summed E-state index contributed by atoms with van der Waals surface area (Å²) in [6.07, 6.45) is 2.91. The third-order valence-corrected chi connectivity index (χ3v) is 5.15. The van der Waals surface area contributed by atoms with Crippen molar-refractivity contribution >= 4 is 6.21 Å². The number of hydrogen-bond acceptors (Lipinski definition) is 3. The van der Waals surface area contributed by atoms with E-state index in [2.05, 4.69) is 0 Å². The molecule has 0 aromatic heterocycles. The summed E-state index contributed by atoms with van der Waals surface area (Å²) in [7, 11) is 0. The van der Waals surface area contributed by atoms with Crippen LogP contribution in [0.4, 0.5) is 4.39 Å². The number of aliphatic hydroxyl groups excluding tert-OH is 1. The van der Waals surface area contributed by atoms with Crippen LogP contribution in [0.3, 0.4) is 0 Å². The lowest BCUT2D eigenvalue weighted by Crippen LogP contribution is -2.48. The molecule has 4 nitrogen and oxygen atoms in total. The molecule has 1 heterocycles. The van der Waals surface area contributed by atoms with Crippen molar-refractivity contribution in [1.82, 2.24) is 0 Å². The van der Waals surface area contributed by atoms with Crippen molar-refractivity contribution in [2.45, 2.75) is 37.5 Å². The van der Waals surface area contributed by atoms with Gasteiger partial charge in [-0.2, -0.15) is 0 Å². The maximum absolute atomic E-state index is 13.8. The number of nitrogens with zero attached hydrogens (tertiary/aromatic N) is 1. The molecular formula is C20H20FNO3. The van der Waals surface area contributed by atoms with Crippen LogP contribution in [0.5, 0.6) is 5.75 Å². The lowest BCUT2D eigenvalue weighted by molar-refractivity contribution is -0.523. The predicted octanol–water partition coefficient (Wildman–Crippen LogP) is 3.42. The van der Waals surface area contributed by atoms with Gasteiger partial charge in [-0.3, -0.25) is 0 Å². The first-order valence-electron chi connectivity index (χ1n) is 8.63. The van der Waals surface area contributed by atoms with Gasteiger partial charge in [-0.1, -0.05) is 18.2 Å². The van der Waals surface area contributed by atoms with Gasteiger partial charge in [-0.25, -0.2) is 9.13 Å². The minimum atomic E-state index is -0.667. The maximum atomic E-state index is 13.8. The third-order valence-electron chi connectivity index (χ3n) is 5.15. The van der Waals surface area contributed by atoms with E-state index in [9.17, 15) is 14.7 Å². The molecule has 0 bridgehead atoms. The van der Waals surface area contributed by atoms with Crippen LogP contribution in [-0.2, 0) is 0 Å². The highest BCUT2D eigenvalue weighted by atomic mass is 19.1. The standard InChI is InChI=1S/C20H20FNO3/c21-14-9-10-17-15(11-14)20(19-16(23)7-4-8-18(19)25-17)22(24)12-13-5-2-1-3-6-13/h1-3,5-6,9-12,16,18-20,23H,4,7-8H2/b22-12-/t16-,18+,19-,20+/m1/s1. The number of rotatable bonds is 2. The van der Waals surface area contributed by atoms with E-state index < -0.39 is 18.0 Å². The van der Waals surface area contributed by atoms with Crippen LogP contribution in [0.25, 0.3) is 0 Å². The first-order chi connectivity index (χ1) is 12.1. The molecule has 5 heteroatoms. The smallest absolute Gasteiger partial charge is 0.201 e. The fraction of sp³-hybridized carbons (Fsp3) is 0.350. The number of hydroxylamine groups is 1. The normalized spacial score (nSPS) is 28.6. The van der Waals surface area contributed by atoms with Crippen molar-refractivity contribution < 1.29 is 19.0 Å². The van der Waals surface area contributed by atoms with Crippen LogP contribution in [0.2, 0.25) is 0 Å². The zero-order valence-electron chi connectivity index (χ0n) is 13.7. The molecule has 0 radical (unpaired) electrons. The molecule has 0 amide bonds. The molecule has 25 heavy (non-hydrogen) atoms. The van der Waals surface area contributed by atoms with E-state index >= 15 is 0 Å². The van der Waals surface area contributed by atoms with Gasteiger partial charge in [0.1, 0.15) is 17.7 Å². The molecule has 1 aliphatic carbocycles. The molecule has 0 unspecified atom stereocenters. The Hall–Kier alpha value is -2.40. The molecule has 0 spiro atoms. The molecule has 2 aromatic carbocycles. The van der Waals surface area contributed by atoms with Crippen molar-refractivity contribution in [2.24, 2.45) is 5.92 Å². The number of fused-ring (bicyclic) bond motifs is 2. The Kier molecular flexibility index (Phi) is 4.17. The Balaban J connectivity index is 1.81. The van der Waals surface area contributed by atoms with Crippen molar-refractivity contribution in [3.63, 3.8) is 0 Å². The van der Waals surface area contributed by atoms with Crippen LogP contribution in [-0.4, -0.2) is 28.3 Å². The first-order valence-corrected chi connectivity index (χ1v) is 8.63. The van der Waals surface area contributed by atoms with Crippen LogP contribution in [0, 0.1) is 16.9 Å². The summed E-state index contributed by atoms with van der Waals surface area (Å²) < 4.78 is 20.7. The Morgan fingerprint density at radius 2 is 1.96 bits per heavy atom.